The Morgan fingerprint density at radius 3 is 2.45 bits per heavy atom. The summed E-state index contributed by atoms with van der Waals surface area (Å²) in [7, 11) is 1.56. The van der Waals surface area contributed by atoms with Crippen molar-refractivity contribution >= 4 is 23.2 Å². The summed E-state index contributed by atoms with van der Waals surface area (Å²) in [6.45, 7) is 0.253. The number of benzene rings is 2. The number of nitrogens with zero attached hydrogens (tertiary/aromatic N) is 1. The molecule has 6 heteroatoms. The van der Waals surface area contributed by atoms with E-state index in [1.807, 2.05) is 22.9 Å². The number of pyridine rings is 1. The lowest BCUT2D eigenvalue weighted by Gasteiger charge is -2.13. The lowest BCUT2D eigenvalue weighted by atomic mass is 9.93. The van der Waals surface area contributed by atoms with Crippen molar-refractivity contribution in [2.24, 2.45) is 0 Å². The summed E-state index contributed by atoms with van der Waals surface area (Å²) in [5, 5.41) is 5.73. The third-order valence-electron chi connectivity index (χ3n) is 5.46. The van der Waals surface area contributed by atoms with Gasteiger partial charge in [-0.25, -0.2) is 0 Å². The molecule has 0 spiro atoms. The van der Waals surface area contributed by atoms with Gasteiger partial charge in [0.25, 0.3) is 11.8 Å². The molecule has 6 nitrogen and oxygen atoms in total. The van der Waals surface area contributed by atoms with Crippen LogP contribution in [-0.2, 0) is 24.2 Å². The molecule has 0 saturated carbocycles. The number of methoxy groups -OCH3 is 1. The molecule has 1 aliphatic carbocycles. The van der Waals surface area contributed by atoms with Gasteiger partial charge in [-0.1, -0.05) is 12.1 Å². The molecule has 1 heterocycles. The number of hydrogen-bond donors (Lipinski definition) is 2. The molecule has 0 atom stereocenters. The number of ether oxygens (including phenoxy) is 1. The first-order chi connectivity index (χ1) is 15.1. The highest BCUT2D eigenvalue weighted by Gasteiger charge is 2.16. The molecule has 4 rings (SSSR count). The van der Waals surface area contributed by atoms with Crippen LogP contribution in [0.2, 0.25) is 0 Å². The normalized spacial score (nSPS) is 12.5. The topological polar surface area (TPSA) is 71.3 Å². The highest BCUT2D eigenvalue weighted by molar-refractivity contribution is 6.05. The zero-order valence-electron chi connectivity index (χ0n) is 17.6. The average molecular weight is 417 g/mol. The number of nitrogens with one attached hydrogen (secondary N) is 2. The molecule has 0 radical (unpaired) electrons. The van der Waals surface area contributed by atoms with Crippen molar-refractivity contribution in [1.29, 1.82) is 0 Å². The first-order valence-corrected chi connectivity index (χ1v) is 10.5. The second-order valence-corrected chi connectivity index (χ2v) is 7.65. The minimum Gasteiger partial charge on any atom is -0.495 e. The fourth-order valence-corrected chi connectivity index (χ4v) is 3.83. The Kier molecular flexibility index (Phi) is 6.26. The van der Waals surface area contributed by atoms with Crippen LogP contribution in [0.5, 0.6) is 5.75 Å². The smallest absolute Gasteiger partial charge is 0.290 e. The zero-order valence-corrected chi connectivity index (χ0v) is 17.6. The summed E-state index contributed by atoms with van der Waals surface area (Å²) in [6.07, 6.45) is 8.70. The molecule has 0 aliphatic heterocycles. The van der Waals surface area contributed by atoms with Gasteiger partial charge in [0.2, 0.25) is 6.54 Å². The summed E-state index contributed by atoms with van der Waals surface area (Å²) in [6, 6.07) is 16.2. The molecule has 0 unspecified atom stereocenters. The molecule has 1 aromatic heterocycles. The fourth-order valence-electron chi connectivity index (χ4n) is 3.83. The maximum absolute atomic E-state index is 12.5. The van der Waals surface area contributed by atoms with Gasteiger partial charge in [0.05, 0.1) is 12.8 Å². The number of rotatable bonds is 6. The molecule has 2 aromatic carbocycles. The van der Waals surface area contributed by atoms with Crippen molar-refractivity contribution in [2.75, 3.05) is 17.7 Å². The summed E-state index contributed by atoms with van der Waals surface area (Å²) in [5.74, 6) is 0.249. The molecule has 0 saturated heterocycles. The first-order valence-electron chi connectivity index (χ1n) is 10.5. The lowest BCUT2D eigenvalue weighted by molar-refractivity contribution is -0.684. The third kappa shape index (κ3) is 5.09. The van der Waals surface area contributed by atoms with Crippen LogP contribution in [0.1, 0.15) is 34.3 Å². The fraction of sp³-hybridized carbons (Fsp3) is 0.240. The molecule has 31 heavy (non-hydrogen) atoms. The Morgan fingerprint density at radius 1 is 0.935 bits per heavy atom. The van der Waals surface area contributed by atoms with Crippen molar-refractivity contribution in [1.82, 2.24) is 0 Å². The van der Waals surface area contributed by atoms with E-state index >= 15 is 0 Å². The molecule has 1 aliphatic rings. The van der Waals surface area contributed by atoms with Gasteiger partial charge in [-0.05, 0) is 67.6 Å². The van der Waals surface area contributed by atoms with E-state index < -0.39 is 0 Å². The van der Waals surface area contributed by atoms with Crippen molar-refractivity contribution in [3.8, 4) is 5.75 Å². The van der Waals surface area contributed by atoms with Gasteiger partial charge in [0.1, 0.15) is 5.75 Å². The van der Waals surface area contributed by atoms with Crippen LogP contribution in [0.25, 0.3) is 0 Å². The minimum absolute atomic E-state index is 0.105. The number of hydrogen-bond acceptors (Lipinski definition) is 3. The van der Waals surface area contributed by atoms with E-state index in [4.69, 9.17) is 4.74 Å². The number of anilines is 2. The Balaban J connectivity index is 1.36. The predicted molar refractivity (Wildman–Crippen MR) is 119 cm³/mol. The largest absolute Gasteiger partial charge is 0.495 e. The molecule has 3 aromatic rings. The second kappa shape index (κ2) is 9.43. The summed E-state index contributed by atoms with van der Waals surface area (Å²) < 4.78 is 7.19. The Labute approximate surface area is 181 Å². The third-order valence-corrected chi connectivity index (χ3v) is 5.46. The predicted octanol–water partition coefficient (Wildman–Crippen LogP) is 3.75. The highest BCUT2D eigenvalue weighted by atomic mass is 16.5. The lowest BCUT2D eigenvalue weighted by Crippen LogP contribution is -2.40. The average Bonchev–Trinajstić information content (AvgIpc) is 2.79. The standard InChI is InChI=1S/C25H25N3O3/c1-31-23-9-5-4-8-22(23)27-25(30)19-10-12-21(13-11-19)26-24(29)17-28-15-14-18-6-2-3-7-20(18)16-28/h4-5,8-16H,2-3,6-7,17H2,1H3,(H-,26,27,29,30)/p+1. The number of fused-ring (bicyclic) bond motifs is 1. The van der Waals surface area contributed by atoms with Crippen molar-refractivity contribution in [3.05, 3.63) is 83.7 Å². The van der Waals surface area contributed by atoms with Gasteiger partial charge < -0.3 is 15.4 Å². The van der Waals surface area contributed by atoms with Crippen LogP contribution in [-0.4, -0.2) is 18.9 Å². The van der Waals surface area contributed by atoms with Crippen LogP contribution in [0.3, 0.4) is 0 Å². The van der Waals surface area contributed by atoms with Crippen molar-refractivity contribution < 1.29 is 18.9 Å². The number of aromatic nitrogens is 1. The Hall–Kier alpha value is -3.67. The molecule has 2 N–H and O–H groups in total. The molecular weight excluding hydrogens is 390 g/mol. The monoisotopic (exact) mass is 416 g/mol. The second-order valence-electron chi connectivity index (χ2n) is 7.65. The molecule has 158 valence electrons. The minimum atomic E-state index is -0.244. The number of para-hydroxylation sites is 2. The van der Waals surface area contributed by atoms with Crippen LogP contribution in [0.4, 0.5) is 11.4 Å². The number of aryl methyl sites for hydroxylation is 2. The number of carbonyl (C=O) groups is 2. The van der Waals surface area contributed by atoms with E-state index in [-0.39, 0.29) is 18.4 Å². The van der Waals surface area contributed by atoms with Crippen LogP contribution < -0.4 is 19.9 Å². The first kappa shape index (κ1) is 20.6. The van der Waals surface area contributed by atoms with E-state index in [1.54, 1.807) is 43.5 Å². The SMILES string of the molecule is COc1ccccc1NC(=O)c1ccc(NC(=O)C[n+]2ccc3c(c2)CCCC3)cc1. The van der Waals surface area contributed by atoms with Crippen LogP contribution in [0, 0.1) is 0 Å². The summed E-state index contributed by atoms with van der Waals surface area (Å²) in [5.41, 5.74) is 4.48. The molecule has 0 fully saturated rings. The molecular formula is C25H26N3O3+. The van der Waals surface area contributed by atoms with E-state index in [0.29, 0.717) is 22.7 Å². The number of amides is 2. The van der Waals surface area contributed by atoms with Crippen molar-refractivity contribution in [3.63, 3.8) is 0 Å². The van der Waals surface area contributed by atoms with Crippen LogP contribution in [0.15, 0.2) is 67.0 Å². The summed E-state index contributed by atoms with van der Waals surface area (Å²) >= 11 is 0. The molecule has 2 amide bonds. The Bertz CT molecular complexity index is 1090. The number of carbonyl (C=O) groups excluding carboxylic acids is 2. The van der Waals surface area contributed by atoms with E-state index in [9.17, 15) is 9.59 Å². The van der Waals surface area contributed by atoms with E-state index in [0.717, 1.165) is 12.8 Å². The van der Waals surface area contributed by atoms with Gasteiger partial charge in [-0.2, -0.15) is 4.57 Å². The van der Waals surface area contributed by atoms with Gasteiger partial charge >= 0.3 is 0 Å². The zero-order chi connectivity index (χ0) is 21.6. The quantitative estimate of drug-likeness (QED) is 0.601. The van der Waals surface area contributed by atoms with Gasteiger partial charge in [0, 0.05) is 22.9 Å². The van der Waals surface area contributed by atoms with E-state index in [2.05, 4.69) is 22.9 Å². The van der Waals surface area contributed by atoms with Crippen molar-refractivity contribution in [2.45, 2.75) is 32.2 Å². The van der Waals surface area contributed by atoms with Gasteiger partial charge in [-0.3, -0.25) is 9.59 Å². The van der Waals surface area contributed by atoms with Crippen LogP contribution >= 0.6 is 0 Å². The summed E-state index contributed by atoms with van der Waals surface area (Å²) in [4.78, 5) is 25.0. The van der Waals surface area contributed by atoms with Gasteiger partial charge in [-0.15, -0.1) is 0 Å². The maximum Gasteiger partial charge on any atom is 0.290 e. The molecule has 0 bridgehead atoms. The maximum atomic E-state index is 12.5. The van der Waals surface area contributed by atoms with E-state index in [1.165, 1.54) is 24.0 Å². The van der Waals surface area contributed by atoms with Gasteiger partial charge in [0.15, 0.2) is 12.4 Å². The Morgan fingerprint density at radius 2 is 1.68 bits per heavy atom. The highest BCUT2D eigenvalue weighted by Crippen LogP contribution is 2.24.